The number of carbonyl (C=O) groups is 2. The second-order valence-corrected chi connectivity index (χ2v) is 9.67. The molecule has 176 valence electrons. The third-order valence-corrected chi connectivity index (χ3v) is 6.91. The summed E-state index contributed by atoms with van der Waals surface area (Å²) >= 11 is 0. The molecule has 1 fully saturated rings. The summed E-state index contributed by atoms with van der Waals surface area (Å²) in [5.41, 5.74) is 1.83. The van der Waals surface area contributed by atoms with Gasteiger partial charge in [-0.2, -0.15) is 0 Å². The summed E-state index contributed by atoms with van der Waals surface area (Å²) in [7, 11) is -3.89. The number of nitrogens with one attached hydrogen (secondary N) is 3. The molecule has 0 spiro atoms. The zero-order valence-electron chi connectivity index (χ0n) is 18.6. The Kier molecular flexibility index (Phi) is 6.51. The van der Waals surface area contributed by atoms with Crippen LogP contribution in [0.2, 0.25) is 0 Å². The van der Waals surface area contributed by atoms with Gasteiger partial charge in [-0.25, -0.2) is 13.2 Å². The average molecular weight is 480 g/mol. The molecule has 3 N–H and O–H groups in total. The van der Waals surface area contributed by atoms with Crippen molar-refractivity contribution in [2.24, 2.45) is 0 Å². The number of urea groups is 1. The molecule has 9 nitrogen and oxygen atoms in total. The average Bonchev–Trinajstić information content (AvgIpc) is 2.80. The Morgan fingerprint density at radius 2 is 1.94 bits per heavy atom. The van der Waals surface area contributed by atoms with E-state index < -0.39 is 10.0 Å². The molecule has 0 aliphatic carbocycles. The monoisotopic (exact) mass is 479 g/mol. The van der Waals surface area contributed by atoms with Crippen molar-refractivity contribution in [2.75, 3.05) is 24.4 Å². The van der Waals surface area contributed by atoms with Gasteiger partial charge in [-0.05, 0) is 42.8 Å². The zero-order valence-corrected chi connectivity index (χ0v) is 19.4. The molecule has 1 aliphatic rings. The van der Waals surface area contributed by atoms with E-state index in [2.05, 4.69) is 26.9 Å². The first-order chi connectivity index (χ1) is 16.3. The van der Waals surface area contributed by atoms with Crippen LogP contribution in [-0.4, -0.2) is 55.9 Å². The van der Waals surface area contributed by atoms with Crippen molar-refractivity contribution in [3.8, 4) is 0 Å². The minimum absolute atomic E-state index is 0.0846. The molecule has 10 heteroatoms. The van der Waals surface area contributed by atoms with Gasteiger partial charge < -0.3 is 15.5 Å². The number of aromatic nitrogens is 1. The molecule has 3 amide bonds. The summed E-state index contributed by atoms with van der Waals surface area (Å²) in [4.78, 5) is 30.4. The SMILES string of the molecule is C=CCNC(=O)NC1CN(C(=O)c2ccc(NS(=O)(=O)c3cccc4cccnc34)c(C)c2)C1. The minimum Gasteiger partial charge on any atom is -0.335 e. The van der Waals surface area contributed by atoms with Crippen LogP contribution in [0.15, 0.2) is 72.3 Å². The summed E-state index contributed by atoms with van der Waals surface area (Å²) in [5, 5.41) is 6.14. The van der Waals surface area contributed by atoms with E-state index in [4.69, 9.17) is 0 Å². The fraction of sp³-hybridized carbons (Fsp3) is 0.208. The number of rotatable bonds is 7. The molecular weight excluding hydrogens is 454 g/mol. The third kappa shape index (κ3) is 4.86. The predicted octanol–water partition coefficient (Wildman–Crippen LogP) is 2.65. The first kappa shape index (κ1) is 23.2. The lowest BCUT2D eigenvalue weighted by molar-refractivity contribution is 0.0577. The number of carbonyl (C=O) groups excluding carboxylic acids is 2. The molecule has 34 heavy (non-hydrogen) atoms. The Morgan fingerprint density at radius 1 is 1.18 bits per heavy atom. The van der Waals surface area contributed by atoms with Crippen LogP contribution in [0.25, 0.3) is 10.9 Å². The lowest BCUT2D eigenvalue weighted by Crippen LogP contribution is -2.62. The highest BCUT2D eigenvalue weighted by atomic mass is 32.2. The van der Waals surface area contributed by atoms with Gasteiger partial charge in [0.05, 0.1) is 17.2 Å². The first-order valence-electron chi connectivity index (χ1n) is 10.7. The van der Waals surface area contributed by atoms with Gasteiger partial charge in [0, 0.05) is 36.8 Å². The van der Waals surface area contributed by atoms with E-state index in [0.717, 1.165) is 5.39 Å². The number of amides is 3. The molecule has 1 saturated heterocycles. The van der Waals surface area contributed by atoms with Crippen LogP contribution >= 0.6 is 0 Å². The van der Waals surface area contributed by atoms with E-state index in [9.17, 15) is 18.0 Å². The molecule has 2 aromatic carbocycles. The normalized spacial score (nSPS) is 13.7. The molecule has 0 atom stereocenters. The molecule has 2 heterocycles. The number of para-hydroxylation sites is 1. The van der Waals surface area contributed by atoms with Gasteiger partial charge in [0.25, 0.3) is 15.9 Å². The van der Waals surface area contributed by atoms with E-state index in [1.165, 1.54) is 6.07 Å². The highest BCUT2D eigenvalue weighted by molar-refractivity contribution is 7.93. The Bertz CT molecular complexity index is 1360. The van der Waals surface area contributed by atoms with Gasteiger partial charge >= 0.3 is 6.03 Å². The second kappa shape index (κ2) is 9.52. The standard InChI is InChI=1S/C24H25N5O4S/c1-3-11-26-24(31)27-19-14-29(15-19)23(30)18-9-10-20(16(2)13-18)28-34(32,33)21-8-4-6-17-7-5-12-25-22(17)21/h3-10,12-13,19,28H,1,11,14-15H2,2H3,(H2,26,27,31). The highest BCUT2D eigenvalue weighted by Crippen LogP contribution is 2.26. The molecule has 0 radical (unpaired) electrons. The van der Waals surface area contributed by atoms with Gasteiger partial charge in [-0.3, -0.25) is 14.5 Å². The molecule has 0 bridgehead atoms. The number of anilines is 1. The Labute approximate surface area is 197 Å². The minimum atomic E-state index is -3.89. The van der Waals surface area contributed by atoms with Crippen molar-refractivity contribution in [2.45, 2.75) is 17.9 Å². The molecule has 1 aliphatic heterocycles. The number of benzene rings is 2. The molecule has 0 saturated carbocycles. The summed E-state index contributed by atoms with van der Waals surface area (Å²) < 4.78 is 28.7. The van der Waals surface area contributed by atoms with Gasteiger partial charge in [-0.1, -0.05) is 24.3 Å². The van der Waals surface area contributed by atoms with Gasteiger partial charge in [-0.15, -0.1) is 6.58 Å². The lowest BCUT2D eigenvalue weighted by Gasteiger charge is -2.39. The fourth-order valence-electron chi connectivity index (χ4n) is 3.72. The fourth-order valence-corrected chi connectivity index (χ4v) is 5.03. The highest BCUT2D eigenvalue weighted by Gasteiger charge is 2.32. The molecule has 4 rings (SSSR count). The second-order valence-electron chi connectivity index (χ2n) is 8.02. The van der Waals surface area contributed by atoms with Crippen LogP contribution in [0.1, 0.15) is 15.9 Å². The molecule has 3 aromatic rings. The van der Waals surface area contributed by atoms with E-state index >= 15 is 0 Å². The van der Waals surface area contributed by atoms with Crippen molar-refractivity contribution in [1.29, 1.82) is 0 Å². The van der Waals surface area contributed by atoms with Crippen LogP contribution in [0.4, 0.5) is 10.5 Å². The van der Waals surface area contributed by atoms with E-state index in [-0.39, 0.29) is 22.9 Å². The van der Waals surface area contributed by atoms with E-state index in [1.54, 1.807) is 66.6 Å². The maximum absolute atomic E-state index is 13.1. The Morgan fingerprint density at radius 3 is 2.68 bits per heavy atom. The van der Waals surface area contributed by atoms with Crippen molar-refractivity contribution < 1.29 is 18.0 Å². The summed E-state index contributed by atoms with van der Waals surface area (Å²) in [6.07, 6.45) is 3.14. The maximum Gasteiger partial charge on any atom is 0.315 e. The summed E-state index contributed by atoms with van der Waals surface area (Å²) in [5.74, 6) is -0.180. The van der Waals surface area contributed by atoms with Crippen molar-refractivity contribution in [1.82, 2.24) is 20.5 Å². The van der Waals surface area contributed by atoms with Crippen LogP contribution in [0.5, 0.6) is 0 Å². The maximum atomic E-state index is 13.1. The largest absolute Gasteiger partial charge is 0.335 e. The van der Waals surface area contributed by atoms with Crippen molar-refractivity contribution >= 4 is 38.6 Å². The number of pyridine rings is 1. The van der Waals surface area contributed by atoms with Gasteiger partial charge in [0.1, 0.15) is 4.90 Å². The number of fused-ring (bicyclic) bond motifs is 1. The van der Waals surface area contributed by atoms with Crippen LogP contribution in [-0.2, 0) is 10.0 Å². The first-order valence-corrected chi connectivity index (χ1v) is 12.2. The van der Waals surface area contributed by atoms with E-state index in [0.29, 0.717) is 42.0 Å². The number of aryl methyl sites for hydroxylation is 1. The topological polar surface area (TPSA) is 120 Å². The summed E-state index contributed by atoms with van der Waals surface area (Å²) in [6, 6.07) is 12.9. The molecular formula is C24H25N5O4S. The number of likely N-dealkylation sites (tertiary alicyclic amines) is 1. The van der Waals surface area contributed by atoms with Crippen molar-refractivity contribution in [3.63, 3.8) is 0 Å². The lowest BCUT2D eigenvalue weighted by atomic mass is 10.0. The third-order valence-electron chi connectivity index (χ3n) is 5.51. The molecule has 0 unspecified atom stereocenters. The van der Waals surface area contributed by atoms with Crippen LogP contribution in [0, 0.1) is 6.92 Å². The Balaban J connectivity index is 1.43. The quantitative estimate of drug-likeness (QED) is 0.450. The molecule has 1 aromatic heterocycles. The van der Waals surface area contributed by atoms with Gasteiger partial charge in [0.2, 0.25) is 0 Å². The predicted molar refractivity (Wildman–Crippen MR) is 130 cm³/mol. The zero-order chi connectivity index (χ0) is 24.3. The number of nitrogens with zero attached hydrogens (tertiary/aromatic N) is 2. The smallest absolute Gasteiger partial charge is 0.315 e. The number of hydrogen-bond acceptors (Lipinski definition) is 5. The van der Waals surface area contributed by atoms with E-state index in [1.807, 2.05) is 0 Å². The van der Waals surface area contributed by atoms with Gasteiger partial charge in [0.15, 0.2) is 0 Å². The Hall–Kier alpha value is -3.92. The van der Waals surface area contributed by atoms with Crippen LogP contribution in [0.3, 0.4) is 0 Å². The van der Waals surface area contributed by atoms with Crippen molar-refractivity contribution in [3.05, 3.63) is 78.5 Å². The van der Waals surface area contributed by atoms with Crippen LogP contribution < -0.4 is 15.4 Å². The number of hydrogen-bond donors (Lipinski definition) is 3. The number of sulfonamides is 1. The summed E-state index contributed by atoms with van der Waals surface area (Å²) in [6.45, 7) is 6.45.